The van der Waals surface area contributed by atoms with Gasteiger partial charge in [0.15, 0.2) is 0 Å². The van der Waals surface area contributed by atoms with Crippen molar-refractivity contribution in [1.29, 1.82) is 0 Å². The molecule has 4 nitrogen and oxygen atoms in total. The van der Waals surface area contributed by atoms with E-state index in [4.69, 9.17) is 0 Å². The molecule has 0 N–H and O–H groups in total. The van der Waals surface area contributed by atoms with Crippen LogP contribution in [-0.4, -0.2) is 27.3 Å². The number of hydrogen-bond acceptors (Lipinski definition) is 4. The molecule has 0 aromatic heterocycles. The second-order valence-electron chi connectivity index (χ2n) is 1.41. The maximum absolute atomic E-state index is 10.6. The van der Waals surface area contributed by atoms with Gasteiger partial charge in [0.1, 0.15) is 6.26 Å². The van der Waals surface area contributed by atoms with E-state index >= 15 is 0 Å². The van der Waals surface area contributed by atoms with Crippen molar-refractivity contribution in [3.05, 3.63) is 12.0 Å². The highest BCUT2D eigenvalue weighted by Crippen LogP contribution is 1.96. The molecule has 0 aliphatic rings. The number of ether oxygens (including phenoxy) is 3. The van der Waals surface area contributed by atoms with Crippen LogP contribution in [0.2, 0.25) is 0 Å². The van der Waals surface area contributed by atoms with E-state index in [2.05, 4.69) is 14.2 Å². The third-order valence-electron chi connectivity index (χ3n) is 0.831. The maximum atomic E-state index is 10.6. The van der Waals surface area contributed by atoms with Gasteiger partial charge in [-0.05, 0) is 0 Å². The Labute approximate surface area is 59.4 Å². The van der Waals surface area contributed by atoms with Crippen molar-refractivity contribution in [3.63, 3.8) is 0 Å². The van der Waals surface area contributed by atoms with Crippen molar-refractivity contribution < 1.29 is 19.0 Å². The zero-order chi connectivity index (χ0) is 7.98. The summed E-state index contributed by atoms with van der Waals surface area (Å²) in [6, 6.07) is 0. The van der Waals surface area contributed by atoms with Gasteiger partial charge in [0.25, 0.3) is 0 Å². The normalized spacial score (nSPS) is 10.5. The van der Waals surface area contributed by atoms with E-state index in [-0.39, 0.29) is 5.76 Å². The van der Waals surface area contributed by atoms with Crippen LogP contribution in [0.1, 0.15) is 0 Å². The molecule has 0 rings (SSSR count). The first-order valence-corrected chi connectivity index (χ1v) is 2.61. The first-order chi connectivity index (χ1) is 4.76. The Hall–Kier alpha value is -1.19. The number of rotatable bonds is 3. The van der Waals surface area contributed by atoms with E-state index in [1.807, 2.05) is 0 Å². The van der Waals surface area contributed by atoms with E-state index < -0.39 is 5.97 Å². The van der Waals surface area contributed by atoms with Gasteiger partial charge in [-0.1, -0.05) is 0 Å². The van der Waals surface area contributed by atoms with Crippen LogP contribution in [0.4, 0.5) is 0 Å². The number of esters is 1. The van der Waals surface area contributed by atoms with Gasteiger partial charge in [-0.25, -0.2) is 4.79 Å². The van der Waals surface area contributed by atoms with Gasteiger partial charge in [0.05, 0.1) is 21.3 Å². The van der Waals surface area contributed by atoms with E-state index in [9.17, 15) is 4.79 Å². The topological polar surface area (TPSA) is 44.8 Å². The molecule has 0 spiro atoms. The SMILES string of the molecule is COC=C(OC)C(=O)OC. The molecule has 4 heteroatoms. The molecule has 0 amide bonds. The highest BCUT2D eigenvalue weighted by Gasteiger charge is 2.08. The van der Waals surface area contributed by atoms with E-state index in [0.717, 1.165) is 0 Å². The second kappa shape index (κ2) is 4.67. The van der Waals surface area contributed by atoms with E-state index in [1.54, 1.807) is 0 Å². The molecular weight excluding hydrogens is 136 g/mol. The van der Waals surface area contributed by atoms with Crippen molar-refractivity contribution in [3.8, 4) is 0 Å². The van der Waals surface area contributed by atoms with Crippen LogP contribution in [0.3, 0.4) is 0 Å². The van der Waals surface area contributed by atoms with Crippen LogP contribution in [0.15, 0.2) is 12.0 Å². The molecule has 0 aliphatic heterocycles. The Morgan fingerprint density at radius 3 is 2.10 bits per heavy atom. The van der Waals surface area contributed by atoms with Crippen LogP contribution in [-0.2, 0) is 19.0 Å². The first kappa shape index (κ1) is 8.81. The molecule has 0 heterocycles. The molecule has 0 aliphatic carbocycles. The molecular formula is C6H10O4. The Balaban J connectivity index is 4.06. The summed E-state index contributed by atoms with van der Waals surface area (Å²) in [5, 5.41) is 0. The van der Waals surface area contributed by atoms with Crippen LogP contribution in [0, 0.1) is 0 Å². The predicted molar refractivity (Wildman–Crippen MR) is 34.1 cm³/mol. The molecule has 58 valence electrons. The lowest BCUT2D eigenvalue weighted by molar-refractivity contribution is -0.139. The highest BCUT2D eigenvalue weighted by atomic mass is 16.6. The van der Waals surface area contributed by atoms with Crippen molar-refractivity contribution in [2.45, 2.75) is 0 Å². The van der Waals surface area contributed by atoms with Crippen LogP contribution in [0.5, 0.6) is 0 Å². The lowest BCUT2D eigenvalue weighted by Crippen LogP contribution is -2.06. The molecule has 0 fully saturated rings. The minimum absolute atomic E-state index is 0.0463. The largest absolute Gasteiger partial charge is 0.500 e. The van der Waals surface area contributed by atoms with Gasteiger partial charge in [0.2, 0.25) is 5.76 Å². The Morgan fingerprint density at radius 2 is 1.80 bits per heavy atom. The molecule has 0 bridgehead atoms. The fourth-order valence-electron chi connectivity index (χ4n) is 0.387. The maximum Gasteiger partial charge on any atom is 0.376 e. The molecule has 0 atom stereocenters. The van der Waals surface area contributed by atoms with E-state index in [1.165, 1.54) is 27.6 Å². The molecule has 0 aromatic rings. The summed E-state index contributed by atoms with van der Waals surface area (Å²) < 4.78 is 13.5. The molecule has 0 aromatic carbocycles. The molecule has 0 saturated heterocycles. The van der Waals surface area contributed by atoms with Gasteiger partial charge in [-0.15, -0.1) is 0 Å². The Morgan fingerprint density at radius 1 is 1.20 bits per heavy atom. The molecule has 10 heavy (non-hydrogen) atoms. The summed E-state index contributed by atoms with van der Waals surface area (Å²) >= 11 is 0. The van der Waals surface area contributed by atoms with Crippen molar-refractivity contribution in [2.24, 2.45) is 0 Å². The second-order valence-corrected chi connectivity index (χ2v) is 1.41. The zero-order valence-corrected chi connectivity index (χ0v) is 6.21. The summed E-state index contributed by atoms with van der Waals surface area (Å²) in [6.07, 6.45) is 1.17. The smallest absolute Gasteiger partial charge is 0.376 e. The van der Waals surface area contributed by atoms with Crippen molar-refractivity contribution >= 4 is 5.97 Å². The number of carbonyl (C=O) groups excluding carboxylic acids is 1. The highest BCUT2D eigenvalue weighted by molar-refractivity contribution is 5.85. The van der Waals surface area contributed by atoms with Crippen LogP contribution in [0.25, 0.3) is 0 Å². The Bertz CT molecular complexity index is 139. The third kappa shape index (κ3) is 2.39. The first-order valence-electron chi connectivity index (χ1n) is 2.61. The van der Waals surface area contributed by atoms with Crippen molar-refractivity contribution in [1.82, 2.24) is 0 Å². The fourth-order valence-corrected chi connectivity index (χ4v) is 0.387. The van der Waals surface area contributed by atoms with Crippen molar-refractivity contribution in [2.75, 3.05) is 21.3 Å². The summed E-state index contributed by atoms with van der Waals surface area (Å²) in [4.78, 5) is 10.6. The number of methoxy groups -OCH3 is 3. The lowest BCUT2D eigenvalue weighted by Gasteiger charge is -2.01. The zero-order valence-electron chi connectivity index (χ0n) is 6.21. The van der Waals surface area contributed by atoms with Gasteiger partial charge >= 0.3 is 5.97 Å². The lowest BCUT2D eigenvalue weighted by atomic mass is 10.5. The molecule has 0 radical (unpaired) electrons. The Kier molecular flexibility index (Phi) is 4.11. The molecule has 0 saturated carbocycles. The minimum atomic E-state index is -0.552. The minimum Gasteiger partial charge on any atom is -0.500 e. The summed E-state index contributed by atoms with van der Waals surface area (Å²) in [6.45, 7) is 0. The summed E-state index contributed by atoms with van der Waals surface area (Å²) in [5.74, 6) is -0.505. The van der Waals surface area contributed by atoms with Crippen LogP contribution < -0.4 is 0 Å². The van der Waals surface area contributed by atoms with Gasteiger partial charge in [-0.2, -0.15) is 0 Å². The summed E-state index contributed by atoms with van der Waals surface area (Å²) in [5.41, 5.74) is 0. The standard InChI is InChI=1S/C6H10O4/c1-8-4-5(9-2)6(7)10-3/h4H,1-3H3. The third-order valence-corrected chi connectivity index (χ3v) is 0.831. The van der Waals surface area contributed by atoms with Gasteiger partial charge in [0, 0.05) is 0 Å². The van der Waals surface area contributed by atoms with Gasteiger partial charge in [-0.3, -0.25) is 0 Å². The predicted octanol–water partition coefficient (Wildman–Crippen LogP) is 0.294. The van der Waals surface area contributed by atoms with Crippen LogP contribution >= 0.6 is 0 Å². The van der Waals surface area contributed by atoms with E-state index in [0.29, 0.717) is 0 Å². The number of hydrogen-bond donors (Lipinski definition) is 0. The quantitative estimate of drug-likeness (QED) is 0.326. The fraction of sp³-hybridized carbons (Fsp3) is 0.500. The average Bonchev–Trinajstić information content (AvgIpc) is 1.99. The summed E-state index contributed by atoms with van der Waals surface area (Å²) in [7, 11) is 4.05. The number of carbonyl (C=O) groups is 1. The average molecular weight is 146 g/mol. The monoisotopic (exact) mass is 146 g/mol. The molecule has 0 unspecified atom stereocenters. The van der Waals surface area contributed by atoms with Gasteiger partial charge < -0.3 is 14.2 Å².